The number of benzene rings is 1. The third-order valence-corrected chi connectivity index (χ3v) is 5.67. The molecule has 3 heterocycles. The number of aromatic nitrogens is 3. The first kappa shape index (κ1) is 21.7. The fourth-order valence-corrected chi connectivity index (χ4v) is 3.83. The molecule has 0 bridgehead atoms. The average Bonchev–Trinajstić information content (AvgIpc) is 3.29. The van der Waals surface area contributed by atoms with Crippen molar-refractivity contribution >= 4 is 11.8 Å². The van der Waals surface area contributed by atoms with Gasteiger partial charge in [-0.3, -0.25) is 14.6 Å². The lowest BCUT2D eigenvalue weighted by atomic mass is 9.99. The predicted molar refractivity (Wildman–Crippen MR) is 119 cm³/mol. The molecule has 2 aromatic heterocycles. The van der Waals surface area contributed by atoms with Crippen LogP contribution in [0, 0.1) is 6.92 Å². The van der Waals surface area contributed by atoms with Gasteiger partial charge < -0.3 is 14.7 Å². The molecule has 166 valence electrons. The summed E-state index contributed by atoms with van der Waals surface area (Å²) in [5.74, 6) is 0.961. The van der Waals surface area contributed by atoms with Crippen LogP contribution in [0.2, 0.25) is 0 Å². The van der Waals surface area contributed by atoms with Crippen molar-refractivity contribution in [1.82, 2.24) is 25.3 Å². The Balaban J connectivity index is 1.47. The van der Waals surface area contributed by atoms with Gasteiger partial charge in [0.15, 0.2) is 0 Å². The summed E-state index contributed by atoms with van der Waals surface area (Å²) < 4.78 is 5.58. The van der Waals surface area contributed by atoms with Gasteiger partial charge in [0.2, 0.25) is 17.6 Å². The number of nitrogens with zero attached hydrogens (tertiary/aromatic N) is 4. The maximum atomic E-state index is 13.0. The molecule has 0 aliphatic carbocycles. The molecule has 8 heteroatoms. The third-order valence-electron chi connectivity index (χ3n) is 5.67. The molecule has 1 fully saturated rings. The molecule has 1 aliphatic rings. The van der Waals surface area contributed by atoms with E-state index < -0.39 is 0 Å². The van der Waals surface area contributed by atoms with E-state index >= 15 is 0 Å². The minimum Gasteiger partial charge on any atom is -0.356 e. The van der Waals surface area contributed by atoms with Gasteiger partial charge in [0, 0.05) is 49.4 Å². The number of amides is 2. The van der Waals surface area contributed by atoms with Gasteiger partial charge in [-0.05, 0) is 38.3 Å². The van der Waals surface area contributed by atoms with Crippen LogP contribution in [0.4, 0.5) is 0 Å². The molecule has 1 aliphatic heterocycles. The first-order chi connectivity index (χ1) is 15.6. The SMILES string of the molecule is Cc1ccc(C(=O)N2CCCC(c3nc(-c4ccccc4)no3)CCNC(=O)CC2)cn1. The third kappa shape index (κ3) is 5.38. The van der Waals surface area contributed by atoms with Crippen molar-refractivity contribution in [3.05, 3.63) is 65.8 Å². The van der Waals surface area contributed by atoms with Crippen molar-refractivity contribution in [1.29, 1.82) is 0 Å². The lowest BCUT2D eigenvalue weighted by Crippen LogP contribution is -2.35. The summed E-state index contributed by atoms with van der Waals surface area (Å²) in [5, 5.41) is 7.08. The number of aryl methyl sites for hydroxylation is 1. The highest BCUT2D eigenvalue weighted by molar-refractivity contribution is 5.94. The zero-order valence-electron chi connectivity index (χ0n) is 18.2. The van der Waals surface area contributed by atoms with Crippen LogP contribution in [-0.4, -0.2) is 51.5 Å². The Labute approximate surface area is 187 Å². The van der Waals surface area contributed by atoms with Gasteiger partial charge >= 0.3 is 0 Å². The van der Waals surface area contributed by atoms with Gasteiger partial charge in [0.05, 0.1) is 5.56 Å². The number of hydrogen-bond acceptors (Lipinski definition) is 6. The number of carbonyl (C=O) groups excluding carboxylic acids is 2. The molecule has 0 spiro atoms. The van der Waals surface area contributed by atoms with Crippen LogP contribution in [0.5, 0.6) is 0 Å². The number of pyridine rings is 1. The van der Waals surface area contributed by atoms with E-state index in [1.807, 2.05) is 43.3 Å². The van der Waals surface area contributed by atoms with Gasteiger partial charge in [-0.2, -0.15) is 4.98 Å². The number of nitrogens with one attached hydrogen (secondary N) is 1. The van der Waals surface area contributed by atoms with Gasteiger partial charge in [-0.15, -0.1) is 0 Å². The van der Waals surface area contributed by atoms with Crippen LogP contribution in [0.25, 0.3) is 11.4 Å². The standard InChI is InChI=1S/C24H27N5O3/c1-17-9-10-20(16-26-17)24(31)29-14-5-8-19(11-13-25-21(30)12-15-29)23-27-22(28-32-23)18-6-3-2-4-7-18/h2-4,6-7,9-10,16,19H,5,8,11-15H2,1H3,(H,25,30). The van der Waals surface area contributed by atoms with Crippen molar-refractivity contribution in [3.8, 4) is 11.4 Å². The molecular weight excluding hydrogens is 406 g/mol. The number of hydrogen-bond donors (Lipinski definition) is 1. The monoisotopic (exact) mass is 433 g/mol. The fraction of sp³-hybridized carbons (Fsp3) is 0.375. The van der Waals surface area contributed by atoms with E-state index in [2.05, 4.69) is 20.4 Å². The molecule has 8 nitrogen and oxygen atoms in total. The Hall–Kier alpha value is -3.55. The Morgan fingerprint density at radius 3 is 2.75 bits per heavy atom. The predicted octanol–water partition coefficient (Wildman–Crippen LogP) is 3.36. The topological polar surface area (TPSA) is 101 Å². The van der Waals surface area contributed by atoms with Gasteiger partial charge in [0.25, 0.3) is 5.91 Å². The lowest BCUT2D eigenvalue weighted by Gasteiger charge is -2.22. The first-order valence-electron chi connectivity index (χ1n) is 11.0. The minimum atomic E-state index is -0.106. The quantitative estimate of drug-likeness (QED) is 0.680. The van der Waals surface area contributed by atoms with E-state index in [-0.39, 0.29) is 24.2 Å². The largest absolute Gasteiger partial charge is 0.356 e. The van der Waals surface area contributed by atoms with Gasteiger partial charge in [-0.1, -0.05) is 35.5 Å². The second kappa shape index (κ2) is 10.2. The molecule has 32 heavy (non-hydrogen) atoms. The van der Waals surface area contributed by atoms with Crippen LogP contribution in [0.3, 0.4) is 0 Å². The molecule has 1 atom stereocenters. The molecule has 4 rings (SSSR count). The molecule has 1 aromatic carbocycles. The maximum absolute atomic E-state index is 13.0. The van der Waals surface area contributed by atoms with Crippen LogP contribution in [-0.2, 0) is 4.79 Å². The summed E-state index contributed by atoms with van der Waals surface area (Å²) in [5.41, 5.74) is 2.29. The van der Waals surface area contributed by atoms with Gasteiger partial charge in [0.1, 0.15) is 0 Å². The summed E-state index contributed by atoms with van der Waals surface area (Å²) in [7, 11) is 0. The first-order valence-corrected chi connectivity index (χ1v) is 11.0. The summed E-state index contributed by atoms with van der Waals surface area (Å²) in [6, 6.07) is 13.3. The Bertz CT molecular complexity index is 1050. The Morgan fingerprint density at radius 1 is 1.12 bits per heavy atom. The molecule has 1 unspecified atom stereocenters. The molecule has 1 saturated heterocycles. The Morgan fingerprint density at radius 2 is 1.97 bits per heavy atom. The normalized spacial score (nSPS) is 18.0. The second-order valence-electron chi connectivity index (χ2n) is 8.03. The molecular formula is C24H27N5O3. The van der Waals surface area contributed by atoms with Crippen LogP contribution < -0.4 is 5.32 Å². The molecule has 3 aromatic rings. The zero-order valence-corrected chi connectivity index (χ0v) is 18.2. The number of carbonyl (C=O) groups is 2. The molecule has 1 N–H and O–H groups in total. The lowest BCUT2D eigenvalue weighted by molar-refractivity contribution is -0.121. The van der Waals surface area contributed by atoms with Crippen molar-refractivity contribution in [2.45, 2.75) is 38.5 Å². The van der Waals surface area contributed by atoms with E-state index in [0.717, 1.165) is 24.1 Å². The maximum Gasteiger partial charge on any atom is 0.255 e. The fourth-order valence-electron chi connectivity index (χ4n) is 3.83. The highest BCUT2D eigenvalue weighted by Gasteiger charge is 2.23. The van der Waals surface area contributed by atoms with E-state index in [1.54, 1.807) is 17.2 Å². The van der Waals surface area contributed by atoms with E-state index in [9.17, 15) is 9.59 Å². The smallest absolute Gasteiger partial charge is 0.255 e. The summed E-state index contributed by atoms with van der Waals surface area (Å²) >= 11 is 0. The van der Waals surface area contributed by atoms with Crippen LogP contribution >= 0.6 is 0 Å². The van der Waals surface area contributed by atoms with Crippen LogP contribution in [0.15, 0.2) is 53.2 Å². The second-order valence-corrected chi connectivity index (χ2v) is 8.03. The Kier molecular flexibility index (Phi) is 6.89. The van der Waals surface area contributed by atoms with E-state index in [4.69, 9.17) is 4.52 Å². The van der Waals surface area contributed by atoms with Crippen LogP contribution in [0.1, 0.15) is 53.5 Å². The van der Waals surface area contributed by atoms with Gasteiger partial charge in [-0.25, -0.2) is 0 Å². The van der Waals surface area contributed by atoms with Crippen molar-refractivity contribution in [3.63, 3.8) is 0 Å². The summed E-state index contributed by atoms with van der Waals surface area (Å²) in [6.07, 6.45) is 4.12. The van der Waals surface area contributed by atoms with Crippen molar-refractivity contribution in [2.75, 3.05) is 19.6 Å². The van der Waals surface area contributed by atoms with E-state index in [1.165, 1.54) is 0 Å². The summed E-state index contributed by atoms with van der Waals surface area (Å²) in [4.78, 5) is 35.8. The molecule has 2 amide bonds. The zero-order chi connectivity index (χ0) is 22.3. The molecule has 0 saturated carbocycles. The number of rotatable bonds is 3. The van der Waals surface area contributed by atoms with E-state index in [0.29, 0.717) is 43.3 Å². The highest BCUT2D eigenvalue weighted by atomic mass is 16.5. The average molecular weight is 434 g/mol. The molecule has 0 radical (unpaired) electrons. The highest BCUT2D eigenvalue weighted by Crippen LogP contribution is 2.26. The van der Waals surface area contributed by atoms with Crippen molar-refractivity contribution in [2.24, 2.45) is 0 Å². The summed E-state index contributed by atoms with van der Waals surface area (Å²) in [6.45, 7) is 3.34. The minimum absolute atomic E-state index is 0.0105. The van der Waals surface area contributed by atoms with Crippen molar-refractivity contribution < 1.29 is 14.1 Å².